The van der Waals surface area contributed by atoms with E-state index in [9.17, 15) is 9.59 Å². The maximum atomic E-state index is 11.6. The van der Waals surface area contributed by atoms with Crippen LogP contribution < -0.4 is 11.1 Å². The molecule has 0 bridgehead atoms. The Morgan fingerprint density at radius 3 is 2.88 bits per heavy atom. The molecule has 1 aromatic heterocycles. The molecule has 2 aromatic rings. The second-order valence-electron chi connectivity index (χ2n) is 3.90. The summed E-state index contributed by atoms with van der Waals surface area (Å²) in [5.41, 5.74) is 2.34. The van der Waals surface area contributed by atoms with Crippen molar-refractivity contribution in [2.75, 3.05) is 5.32 Å². The molecular formula is C12H12N2O3. The number of allylic oxidation sites excluding steroid dienone is 1. The Balaban J connectivity index is 2.39. The summed E-state index contributed by atoms with van der Waals surface area (Å²) in [6.07, 6.45) is 1.48. The Kier molecular flexibility index (Phi) is 2.82. The number of aromatic amines is 1. The third-order valence-electron chi connectivity index (χ3n) is 2.13. The number of carbonyl (C=O) groups is 1. The molecule has 2 N–H and O–H groups in total. The molecule has 0 radical (unpaired) electrons. The molecule has 5 heteroatoms. The van der Waals surface area contributed by atoms with Gasteiger partial charge in [0, 0.05) is 6.08 Å². The molecule has 2 rings (SSSR count). The first-order chi connectivity index (χ1) is 8.06. The van der Waals surface area contributed by atoms with Crippen molar-refractivity contribution in [1.29, 1.82) is 0 Å². The summed E-state index contributed by atoms with van der Waals surface area (Å²) in [5, 5.41) is 2.68. The smallest absolute Gasteiger partial charge is 0.408 e. The summed E-state index contributed by atoms with van der Waals surface area (Å²) in [5.74, 6) is -0.775. The molecule has 1 amide bonds. The quantitative estimate of drug-likeness (QED) is 0.778. The molecule has 0 aliphatic carbocycles. The van der Waals surface area contributed by atoms with E-state index in [0.29, 0.717) is 16.8 Å². The summed E-state index contributed by atoms with van der Waals surface area (Å²) in [4.78, 5) is 25.1. The van der Waals surface area contributed by atoms with Crippen molar-refractivity contribution in [1.82, 2.24) is 4.98 Å². The van der Waals surface area contributed by atoms with Gasteiger partial charge in [0.2, 0.25) is 5.91 Å². The first kappa shape index (κ1) is 11.2. The van der Waals surface area contributed by atoms with Gasteiger partial charge in [-0.3, -0.25) is 9.78 Å². The third-order valence-corrected chi connectivity index (χ3v) is 2.13. The van der Waals surface area contributed by atoms with E-state index >= 15 is 0 Å². The van der Waals surface area contributed by atoms with Gasteiger partial charge in [-0.25, -0.2) is 4.79 Å². The van der Waals surface area contributed by atoms with Gasteiger partial charge in [-0.05, 0) is 26.0 Å². The predicted octanol–water partition coefficient (Wildman–Crippen LogP) is 2.03. The number of amides is 1. The van der Waals surface area contributed by atoms with Crippen LogP contribution in [-0.4, -0.2) is 10.9 Å². The summed E-state index contributed by atoms with van der Waals surface area (Å²) in [7, 11) is 0. The van der Waals surface area contributed by atoms with Crippen LogP contribution in [0.15, 0.2) is 39.1 Å². The van der Waals surface area contributed by atoms with E-state index in [1.165, 1.54) is 6.08 Å². The number of fused-ring (bicyclic) bond motifs is 1. The van der Waals surface area contributed by atoms with E-state index in [4.69, 9.17) is 4.42 Å². The Hall–Kier alpha value is -2.30. The van der Waals surface area contributed by atoms with E-state index < -0.39 is 5.76 Å². The van der Waals surface area contributed by atoms with Crippen molar-refractivity contribution in [2.24, 2.45) is 0 Å². The molecule has 0 spiro atoms. The van der Waals surface area contributed by atoms with Crippen LogP contribution in [0.1, 0.15) is 13.8 Å². The van der Waals surface area contributed by atoms with Gasteiger partial charge in [-0.1, -0.05) is 11.6 Å². The summed E-state index contributed by atoms with van der Waals surface area (Å²) >= 11 is 0. The Labute approximate surface area is 97.1 Å². The van der Waals surface area contributed by atoms with Crippen LogP contribution in [0, 0.1) is 0 Å². The number of anilines is 1. The average molecular weight is 232 g/mol. The van der Waals surface area contributed by atoms with Crippen molar-refractivity contribution in [3.8, 4) is 0 Å². The highest BCUT2D eigenvalue weighted by atomic mass is 16.4. The van der Waals surface area contributed by atoms with Gasteiger partial charge in [-0.2, -0.15) is 0 Å². The second kappa shape index (κ2) is 4.29. The number of hydrogen-bond acceptors (Lipinski definition) is 3. The van der Waals surface area contributed by atoms with Crippen LogP contribution in [0.4, 0.5) is 5.69 Å². The molecule has 1 heterocycles. The maximum absolute atomic E-state index is 11.6. The second-order valence-corrected chi connectivity index (χ2v) is 3.90. The number of benzene rings is 1. The number of H-pyrrole nitrogens is 1. The molecule has 1 aromatic carbocycles. The summed E-state index contributed by atoms with van der Waals surface area (Å²) < 4.78 is 4.89. The zero-order valence-electron chi connectivity index (χ0n) is 9.53. The van der Waals surface area contributed by atoms with Gasteiger partial charge in [0.15, 0.2) is 5.58 Å². The van der Waals surface area contributed by atoms with Crippen molar-refractivity contribution >= 4 is 22.7 Å². The standard InChI is InChI=1S/C12H12N2O3/c1-7(2)6-10(15)13-8-4-3-5-9-11(8)14-12(16)17-9/h3-6H,1-2H3,(H,13,15)(H,14,16). The fourth-order valence-electron chi connectivity index (χ4n) is 1.51. The first-order valence-electron chi connectivity index (χ1n) is 5.14. The number of hydrogen-bond donors (Lipinski definition) is 2. The molecule has 17 heavy (non-hydrogen) atoms. The van der Waals surface area contributed by atoms with Gasteiger partial charge in [0.25, 0.3) is 0 Å². The summed E-state index contributed by atoms with van der Waals surface area (Å²) in [6, 6.07) is 5.06. The van der Waals surface area contributed by atoms with E-state index in [0.717, 1.165) is 5.57 Å². The normalized spacial score (nSPS) is 10.2. The topological polar surface area (TPSA) is 75.1 Å². The highest BCUT2D eigenvalue weighted by Crippen LogP contribution is 2.19. The van der Waals surface area contributed by atoms with Crippen molar-refractivity contribution < 1.29 is 9.21 Å². The molecule has 5 nitrogen and oxygen atoms in total. The molecular weight excluding hydrogens is 220 g/mol. The average Bonchev–Trinajstić information content (AvgIpc) is 2.58. The fourth-order valence-corrected chi connectivity index (χ4v) is 1.51. The molecule has 0 unspecified atom stereocenters. The molecule has 0 atom stereocenters. The van der Waals surface area contributed by atoms with Crippen LogP contribution in [0.25, 0.3) is 11.1 Å². The SMILES string of the molecule is CC(C)=CC(=O)Nc1cccc2oc(=O)[nH]c12. The number of para-hydroxylation sites is 1. The molecule has 0 aliphatic rings. The maximum Gasteiger partial charge on any atom is 0.417 e. The Morgan fingerprint density at radius 1 is 1.41 bits per heavy atom. The largest absolute Gasteiger partial charge is 0.417 e. The van der Waals surface area contributed by atoms with Crippen molar-refractivity contribution in [3.05, 3.63) is 40.4 Å². The molecule has 0 fully saturated rings. The summed E-state index contributed by atoms with van der Waals surface area (Å²) in [6.45, 7) is 3.67. The predicted molar refractivity (Wildman–Crippen MR) is 64.9 cm³/mol. The number of aromatic nitrogens is 1. The number of rotatable bonds is 2. The van der Waals surface area contributed by atoms with Gasteiger partial charge in [0.05, 0.1) is 5.69 Å². The minimum absolute atomic E-state index is 0.237. The zero-order valence-corrected chi connectivity index (χ0v) is 9.53. The lowest BCUT2D eigenvalue weighted by atomic mass is 10.2. The number of carbonyl (C=O) groups excluding carboxylic acids is 1. The third kappa shape index (κ3) is 2.44. The van der Waals surface area contributed by atoms with E-state index in [-0.39, 0.29) is 5.91 Å². The van der Waals surface area contributed by atoms with Crippen LogP contribution in [-0.2, 0) is 4.79 Å². The van der Waals surface area contributed by atoms with Crippen LogP contribution in [0.5, 0.6) is 0 Å². The molecule has 0 saturated heterocycles. The Bertz CT molecular complexity index is 645. The monoisotopic (exact) mass is 232 g/mol. The fraction of sp³-hybridized carbons (Fsp3) is 0.167. The molecule has 88 valence electrons. The lowest BCUT2D eigenvalue weighted by Crippen LogP contribution is -2.09. The van der Waals surface area contributed by atoms with E-state index in [2.05, 4.69) is 10.3 Å². The van der Waals surface area contributed by atoms with Crippen LogP contribution in [0.3, 0.4) is 0 Å². The lowest BCUT2D eigenvalue weighted by Gasteiger charge is -2.02. The minimum atomic E-state index is -0.538. The van der Waals surface area contributed by atoms with Gasteiger partial charge < -0.3 is 9.73 Å². The zero-order chi connectivity index (χ0) is 12.4. The van der Waals surface area contributed by atoms with Crippen LogP contribution >= 0.6 is 0 Å². The van der Waals surface area contributed by atoms with Gasteiger partial charge >= 0.3 is 5.76 Å². The highest BCUT2D eigenvalue weighted by molar-refractivity contribution is 6.04. The van der Waals surface area contributed by atoms with Crippen LogP contribution in [0.2, 0.25) is 0 Å². The van der Waals surface area contributed by atoms with E-state index in [1.54, 1.807) is 18.2 Å². The first-order valence-corrected chi connectivity index (χ1v) is 5.14. The number of nitrogens with one attached hydrogen (secondary N) is 2. The lowest BCUT2D eigenvalue weighted by molar-refractivity contribution is -0.111. The van der Waals surface area contributed by atoms with Gasteiger partial charge in [0.1, 0.15) is 5.52 Å². The molecule has 0 saturated carbocycles. The minimum Gasteiger partial charge on any atom is -0.408 e. The molecule has 0 aliphatic heterocycles. The van der Waals surface area contributed by atoms with E-state index in [1.807, 2.05) is 13.8 Å². The van der Waals surface area contributed by atoms with Crippen molar-refractivity contribution in [2.45, 2.75) is 13.8 Å². The van der Waals surface area contributed by atoms with Crippen molar-refractivity contribution in [3.63, 3.8) is 0 Å². The highest BCUT2D eigenvalue weighted by Gasteiger charge is 2.07. The van der Waals surface area contributed by atoms with Gasteiger partial charge in [-0.15, -0.1) is 0 Å². The Morgan fingerprint density at radius 2 is 2.18 bits per heavy atom. The number of oxazole rings is 1.